The van der Waals surface area contributed by atoms with Crippen LogP contribution in [0.25, 0.3) is 21.8 Å². The van der Waals surface area contributed by atoms with Crippen LogP contribution in [0, 0.1) is 0 Å². The van der Waals surface area contributed by atoms with Gasteiger partial charge in [0.2, 0.25) is 5.88 Å². The van der Waals surface area contributed by atoms with Crippen LogP contribution in [-0.4, -0.2) is 25.6 Å². The number of carbonyl (C=O) groups is 1. The molecule has 0 aliphatic rings. The van der Waals surface area contributed by atoms with E-state index in [1.54, 1.807) is 30.5 Å². The molecule has 2 N–H and O–H groups in total. The van der Waals surface area contributed by atoms with Gasteiger partial charge in [-0.1, -0.05) is 35.9 Å². The summed E-state index contributed by atoms with van der Waals surface area (Å²) in [5.41, 5.74) is 1.98. The van der Waals surface area contributed by atoms with Gasteiger partial charge in [-0.3, -0.25) is 5.32 Å². The number of pyridine rings is 1. The summed E-state index contributed by atoms with van der Waals surface area (Å²) in [4.78, 5) is 25.1. The third-order valence-corrected chi connectivity index (χ3v) is 5.21. The van der Waals surface area contributed by atoms with E-state index in [4.69, 9.17) is 16.3 Å². The van der Waals surface area contributed by atoms with Crippen molar-refractivity contribution >= 4 is 50.9 Å². The van der Waals surface area contributed by atoms with Gasteiger partial charge in [0.05, 0.1) is 16.2 Å². The number of urea groups is 1. The molecule has 0 unspecified atom stereocenters. The zero-order chi connectivity index (χ0) is 22.1. The average molecular weight is 445 g/mol. The highest BCUT2D eigenvalue weighted by Gasteiger charge is 2.12. The fourth-order valence-corrected chi connectivity index (χ4v) is 3.57. The van der Waals surface area contributed by atoms with Gasteiger partial charge in [-0.2, -0.15) is 4.98 Å². The number of aryl methyl sites for hydroxylation is 1. The zero-order valence-corrected chi connectivity index (χ0v) is 17.7. The summed E-state index contributed by atoms with van der Waals surface area (Å²) in [6, 6.07) is 16.0. The molecule has 0 fully saturated rings. The highest BCUT2D eigenvalue weighted by Crippen LogP contribution is 2.31. The Kier molecular flexibility index (Phi) is 5.04. The fourth-order valence-electron chi connectivity index (χ4n) is 3.35. The minimum atomic E-state index is -0.454. The topological polar surface area (TPSA) is 94.0 Å². The van der Waals surface area contributed by atoms with E-state index in [-0.39, 0.29) is 0 Å². The second-order valence-corrected chi connectivity index (χ2v) is 7.49. The number of rotatable bonds is 4. The molecule has 0 saturated carbocycles. The standard InChI is InChI=1S/C23H17ClN6O2/c1-30-9-8-19-21(30)22(27-13-26-19)32-16-6-7-18(17(24)11-16)28-23(31)29-20-10-14-4-2-3-5-15(14)12-25-20/h2-13H,1H3,(H2,25,28,29,31). The van der Waals surface area contributed by atoms with Crippen molar-refractivity contribution in [3.63, 3.8) is 0 Å². The molecule has 32 heavy (non-hydrogen) atoms. The van der Waals surface area contributed by atoms with Crippen LogP contribution in [0.5, 0.6) is 11.6 Å². The number of hydrogen-bond acceptors (Lipinski definition) is 5. The van der Waals surface area contributed by atoms with E-state index in [0.717, 1.165) is 21.8 Å². The van der Waals surface area contributed by atoms with E-state index < -0.39 is 6.03 Å². The van der Waals surface area contributed by atoms with Gasteiger partial charge in [0.25, 0.3) is 0 Å². The van der Waals surface area contributed by atoms with Crippen molar-refractivity contribution < 1.29 is 9.53 Å². The van der Waals surface area contributed by atoms with Gasteiger partial charge >= 0.3 is 6.03 Å². The molecule has 3 heterocycles. The van der Waals surface area contributed by atoms with Crippen molar-refractivity contribution in [1.82, 2.24) is 19.5 Å². The Morgan fingerprint density at radius 1 is 1.00 bits per heavy atom. The Hall–Kier alpha value is -4.17. The van der Waals surface area contributed by atoms with Crippen molar-refractivity contribution in [2.75, 3.05) is 10.6 Å². The number of amides is 2. The highest BCUT2D eigenvalue weighted by molar-refractivity contribution is 6.34. The molecule has 8 nitrogen and oxygen atoms in total. The van der Waals surface area contributed by atoms with Crippen LogP contribution >= 0.6 is 11.6 Å². The SMILES string of the molecule is Cn1ccc2ncnc(Oc3ccc(NC(=O)Nc4cc5ccccc5cn4)c(Cl)c3)c21. The van der Waals surface area contributed by atoms with E-state index in [1.807, 2.05) is 48.1 Å². The number of anilines is 2. The predicted octanol–water partition coefficient (Wildman–Crippen LogP) is 5.61. The maximum atomic E-state index is 12.4. The van der Waals surface area contributed by atoms with E-state index in [0.29, 0.717) is 28.2 Å². The zero-order valence-electron chi connectivity index (χ0n) is 16.9. The second kappa shape index (κ2) is 8.16. The quantitative estimate of drug-likeness (QED) is 0.376. The lowest BCUT2D eigenvalue weighted by Crippen LogP contribution is -2.20. The molecule has 0 bridgehead atoms. The Bertz CT molecular complexity index is 1470. The van der Waals surface area contributed by atoms with Gasteiger partial charge in [0.15, 0.2) is 0 Å². The lowest BCUT2D eigenvalue weighted by atomic mass is 10.2. The lowest BCUT2D eigenvalue weighted by Gasteiger charge is -2.11. The third kappa shape index (κ3) is 3.91. The minimum Gasteiger partial charge on any atom is -0.437 e. The summed E-state index contributed by atoms with van der Waals surface area (Å²) >= 11 is 6.37. The normalized spacial score (nSPS) is 10.9. The molecule has 0 aliphatic carbocycles. The average Bonchev–Trinajstić information content (AvgIpc) is 3.17. The predicted molar refractivity (Wildman–Crippen MR) is 124 cm³/mol. The molecule has 0 aliphatic heterocycles. The number of benzene rings is 2. The number of nitrogens with one attached hydrogen (secondary N) is 2. The van der Waals surface area contributed by atoms with Crippen LogP contribution in [0.4, 0.5) is 16.3 Å². The first-order valence-electron chi connectivity index (χ1n) is 9.73. The van der Waals surface area contributed by atoms with E-state index in [2.05, 4.69) is 25.6 Å². The van der Waals surface area contributed by atoms with Crippen molar-refractivity contribution in [1.29, 1.82) is 0 Å². The van der Waals surface area contributed by atoms with Crippen LogP contribution in [0.3, 0.4) is 0 Å². The molecule has 0 atom stereocenters. The van der Waals surface area contributed by atoms with Gasteiger partial charge in [-0.05, 0) is 29.7 Å². The number of carbonyl (C=O) groups excluding carboxylic acids is 1. The van der Waals surface area contributed by atoms with Gasteiger partial charge < -0.3 is 14.6 Å². The summed E-state index contributed by atoms with van der Waals surface area (Å²) in [7, 11) is 1.89. The minimum absolute atomic E-state index is 0.321. The van der Waals surface area contributed by atoms with Gasteiger partial charge in [-0.15, -0.1) is 0 Å². The molecule has 0 spiro atoms. The molecule has 5 aromatic rings. The molecule has 158 valence electrons. The fraction of sp³-hybridized carbons (Fsp3) is 0.0435. The largest absolute Gasteiger partial charge is 0.437 e. The number of fused-ring (bicyclic) bond motifs is 2. The lowest BCUT2D eigenvalue weighted by molar-refractivity contribution is 0.262. The maximum Gasteiger partial charge on any atom is 0.324 e. The molecular formula is C23H17ClN6O2. The van der Waals surface area contributed by atoms with Crippen LogP contribution in [0.15, 0.2) is 73.3 Å². The molecule has 2 amide bonds. The highest BCUT2D eigenvalue weighted by atomic mass is 35.5. The monoisotopic (exact) mass is 444 g/mol. The first kappa shape index (κ1) is 19.8. The Morgan fingerprint density at radius 3 is 2.69 bits per heavy atom. The summed E-state index contributed by atoms with van der Waals surface area (Å²) in [5.74, 6) is 1.34. The first-order valence-corrected chi connectivity index (χ1v) is 10.1. The first-order chi connectivity index (χ1) is 15.6. The number of ether oxygens (including phenoxy) is 1. The van der Waals surface area contributed by atoms with Gasteiger partial charge in [0, 0.05) is 30.9 Å². The van der Waals surface area contributed by atoms with Crippen molar-refractivity contribution in [3.8, 4) is 11.6 Å². The van der Waals surface area contributed by atoms with Gasteiger partial charge in [0.1, 0.15) is 23.4 Å². The molecule has 5 rings (SSSR count). The number of aromatic nitrogens is 4. The summed E-state index contributed by atoms with van der Waals surface area (Å²) in [6.45, 7) is 0. The molecular weight excluding hydrogens is 428 g/mol. The van der Waals surface area contributed by atoms with Crippen LogP contribution in [0.2, 0.25) is 5.02 Å². The Labute approximate surface area is 187 Å². The number of hydrogen-bond donors (Lipinski definition) is 2. The van der Waals surface area contributed by atoms with Crippen molar-refractivity contribution in [2.24, 2.45) is 7.05 Å². The molecule has 0 saturated heterocycles. The van der Waals surface area contributed by atoms with Crippen LogP contribution in [0.1, 0.15) is 0 Å². The number of halogens is 1. The Morgan fingerprint density at radius 2 is 1.84 bits per heavy atom. The molecule has 3 aromatic heterocycles. The number of nitrogens with zero attached hydrogens (tertiary/aromatic N) is 4. The second-order valence-electron chi connectivity index (χ2n) is 7.08. The molecule has 0 radical (unpaired) electrons. The summed E-state index contributed by atoms with van der Waals surface area (Å²) in [5, 5.41) is 7.74. The summed E-state index contributed by atoms with van der Waals surface area (Å²) in [6.07, 6.45) is 5.04. The third-order valence-electron chi connectivity index (χ3n) is 4.90. The van der Waals surface area contributed by atoms with E-state index in [1.165, 1.54) is 6.33 Å². The van der Waals surface area contributed by atoms with Crippen LogP contribution < -0.4 is 15.4 Å². The van der Waals surface area contributed by atoms with Crippen LogP contribution in [-0.2, 0) is 7.05 Å². The Balaban J connectivity index is 1.30. The van der Waals surface area contributed by atoms with Crippen molar-refractivity contribution in [2.45, 2.75) is 0 Å². The smallest absolute Gasteiger partial charge is 0.324 e. The molecule has 9 heteroatoms. The van der Waals surface area contributed by atoms with E-state index >= 15 is 0 Å². The summed E-state index contributed by atoms with van der Waals surface area (Å²) < 4.78 is 7.80. The maximum absolute atomic E-state index is 12.4. The van der Waals surface area contributed by atoms with E-state index in [9.17, 15) is 4.79 Å². The molecule has 2 aromatic carbocycles. The van der Waals surface area contributed by atoms with Gasteiger partial charge in [-0.25, -0.2) is 14.8 Å². The van der Waals surface area contributed by atoms with Crippen molar-refractivity contribution in [3.05, 3.63) is 78.3 Å².